The molecule has 45 heavy (non-hydrogen) atoms. The molecule has 15 heteroatoms. The fraction of sp³-hybridized carbons (Fsp3) is 0.533. The fourth-order valence-corrected chi connectivity index (χ4v) is 9.17. The Morgan fingerprint density at radius 3 is 2.76 bits per heavy atom. The number of likely N-dealkylation sites (N-methyl/N-ethyl adjacent to an activating group) is 1. The third-order valence-electron chi connectivity index (χ3n) is 8.36. The Hall–Kier alpha value is -2.87. The van der Waals surface area contributed by atoms with Crippen LogP contribution in [0.2, 0.25) is 5.02 Å². The zero-order chi connectivity index (χ0) is 32.3. The van der Waals surface area contributed by atoms with E-state index in [4.69, 9.17) is 31.0 Å². The van der Waals surface area contributed by atoms with Crippen LogP contribution in [0.25, 0.3) is 0 Å². The number of alkyl halides is 4. The van der Waals surface area contributed by atoms with Gasteiger partial charge in [-0.1, -0.05) is 0 Å². The van der Waals surface area contributed by atoms with Crippen molar-refractivity contribution in [3.63, 3.8) is 0 Å². The number of ether oxygens (including phenoxy) is 2. The average molecular weight is 761 g/mol. The van der Waals surface area contributed by atoms with E-state index in [1.54, 1.807) is 15.1 Å². The number of carbonyl (C=O) groups is 1. The summed E-state index contributed by atoms with van der Waals surface area (Å²) >= 11 is 5.23. The normalized spacial score (nSPS) is 22.4. The van der Waals surface area contributed by atoms with E-state index in [0.29, 0.717) is 42.2 Å². The van der Waals surface area contributed by atoms with Gasteiger partial charge in [0.15, 0.2) is 0 Å². The zero-order valence-corrected chi connectivity index (χ0v) is 28.0. The maximum absolute atomic E-state index is 14.1. The van der Waals surface area contributed by atoms with Crippen molar-refractivity contribution in [3.8, 4) is 12.1 Å². The summed E-state index contributed by atoms with van der Waals surface area (Å²) in [5.41, 5.74) is 0.520. The van der Waals surface area contributed by atoms with Crippen LogP contribution < -0.4 is 36.0 Å². The molecule has 0 spiro atoms. The molecule has 2 aromatic rings. The summed E-state index contributed by atoms with van der Waals surface area (Å²) in [6, 6.07) is 6.28. The number of nitrogens with zero attached hydrogens (tertiary/aromatic N) is 7. The van der Waals surface area contributed by atoms with Crippen molar-refractivity contribution < 1.29 is 48.9 Å². The number of amides is 1. The van der Waals surface area contributed by atoms with Crippen molar-refractivity contribution in [1.82, 2.24) is 18.0 Å². The quantitative estimate of drug-likeness (QED) is 0.123. The second-order valence-corrected chi connectivity index (χ2v) is 13.8. The molecule has 244 valence electrons. The van der Waals surface area contributed by atoms with E-state index < -0.39 is 33.2 Å². The van der Waals surface area contributed by atoms with Crippen molar-refractivity contribution in [1.29, 1.82) is 5.26 Å². The zero-order valence-electron chi connectivity index (χ0n) is 25.1. The molecule has 3 aliphatic rings. The number of carbonyl (C=O) groups excluding carboxylic acids is 1. The van der Waals surface area contributed by atoms with Gasteiger partial charge < -0.3 is 0 Å². The average Bonchev–Trinajstić information content (AvgIpc) is 3.44. The maximum atomic E-state index is 14.1. The number of likely N-dealkylation sites (tertiary alicyclic amines) is 1. The molecule has 1 aromatic heterocycles. The SMILES string of the molecule is C=CC(=O)N1[I-]CN(c2nc(OC[C@@H]3C[C@@H](OC)CN3CC)nc3c2CCN(c2cccc(Cl)c2C(F)(F)F)C3)C[C@@H]1CC#N. The molecule has 0 radical (unpaired) electrons. The number of hydrogen-bond donors (Lipinski definition) is 0. The number of hydrogen-bond acceptors (Lipinski definition) is 9. The third-order valence-corrected chi connectivity index (χ3v) is 11.8. The van der Waals surface area contributed by atoms with Gasteiger partial charge in [0.25, 0.3) is 0 Å². The Morgan fingerprint density at radius 1 is 1.27 bits per heavy atom. The molecule has 2 saturated heterocycles. The van der Waals surface area contributed by atoms with Crippen LogP contribution in [0.3, 0.4) is 0 Å². The van der Waals surface area contributed by atoms with Gasteiger partial charge >= 0.3 is 277 Å². The molecule has 0 N–H and O–H groups in total. The molecule has 0 saturated carbocycles. The summed E-state index contributed by atoms with van der Waals surface area (Å²) in [5.74, 6) is 0.444. The molecular formula is C30H35ClF3IN7O3-. The van der Waals surface area contributed by atoms with Crippen LogP contribution in [0.15, 0.2) is 30.9 Å². The predicted molar refractivity (Wildman–Crippen MR) is 158 cm³/mol. The number of aromatic nitrogens is 2. The van der Waals surface area contributed by atoms with E-state index in [1.807, 2.05) is 0 Å². The van der Waals surface area contributed by atoms with Crippen LogP contribution >= 0.6 is 11.6 Å². The summed E-state index contributed by atoms with van der Waals surface area (Å²) in [4.78, 5) is 28.1. The molecule has 2 fully saturated rings. The molecular weight excluding hydrogens is 726 g/mol. The number of halogens is 5. The minimum atomic E-state index is -4.63. The van der Waals surface area contributed by atoms with E-state index in [1.165, 1.54) is 24.3 Å². The van der Waals surface area contributed by atoms with Gasteiger partial charge in [-0.05, 0) is 0 Å². The van der Waals surface area contributed by atoms with Crippen LogP contribution in [-0.4, -0.2) is 86.5 Å². The summed E-state index contributed by atoms with van der Waals surface area (Å²) < 4.78 is 56.3. The van der Waals surface area contributed by atoms with Gasteiger partial charge in [0.2, 0.25) is 0 Å². The fourth-order valence-electron chi connectivity index (χ4n) is 6.13. The Kier molecular flexibility index (Phi) is 10.6. The monoisotopic (exact) mass is 760 g/mol. The van der Waals surface area contributed by atoms with Gasteiger partial charge in [-0.2, -0.15) is 0 Å². The molecule has 0 bridgehead atoms. The van der Waals surface area contributed by atoms with Crippen LogP contribution in [0.4, 0.5) is 24.7 Å². The van der Waals surface area contributed by atoms with Gasteiger partial charge in [-0.3, -0.25) is 0 Å². The molecule has 1 amide bonds. The van der Waals surface area contributed by atoms with Crippen LogP contribution in [0.1, 0.15) is 36.6 Å². The molecule has 4 heterocycles. The molecule has 0 aliphatic carbocycles. The van der Waals surface area contributed by atoms with Gasteiger partial charge in [-0.15, -0.1) is 0 Å². The van der Waals surface area contributed by atoms with E-state index in [0.717, 1.165) is 25.1 Å². The van der Waals surface area contributed by atoms with E-state index >= 15 is 0 Å². The number of methoxy groups -OCH3 is 1. The first-order valence-corrected chi connectivity index (χ1v) is 17.5. The molecule has 3 atom stereocenters. The first kappa shape index (κ1) is 33.5. The Balaban J connectivity index is 1.48. The van der Waals surface area contributed by atoms with Crippen molar-refractivity contribution >= 4 is 29.0 Å². The van der Waals surface area contributed by atoms with Gasteiger partial charge in [0.05, 0.1) is 0 Å². The van der Waals surface area contributed by atoms with Crippen molar-refractivity contribution in [2.24, 2.45) is 0 Å². The van der Waals surface area contributed by atoms with Gasteiger partial charge in [-0.25, -0.2) is 0 Å². The Morgan fingerprint density at radius 2 is 2.07 bits per heavy atom. The number of rotatable bonds is 9. The van der Waals surface area contributed by atoms with E-state index in [2.05, 4.69) is 29.4 Å². The molecule has 10 nitrogen and oxygen atoms in total. The first-order chi connectivity index (χ1) is 21.6. The number of fused-ring (bicyclic) bond motifs is 1. The summed E-state index contributed by atoms with van der Waals surface area (Å²) in [6.45, 7) is 8.43. The molecule has 5 rings (SSSR count). The minimum absolute atomic E-state index is 0.00469. The van der Waals surface area contributed by atoms with Crippen LogP contribution in [0.5, 0.6) is 6.01 Å². The first-order valence-electron chi connectivity index (χ1n) is 14.6. The number of anilines is 2. The van der Waals surface area contributed by atoms with Gasteiger partial charge in [0.1, 0.15) is 0 Å². The predicted octanol–water partition coefficient (Wildman–Crippen LogP) is 1.28. The second-order valence-electron chi connectivity index (χ2n) is 11.0. The molecule has 0 unspecified atom stereocenters. The summed E-state index contributed by atoms with van der Waals surface area (Å²) in [5, 5.41) is 9.14. The Labute approximate surface area is 276 Å². The number of nitriles is 1. The van der Waals surface area contributed by atoms with Crippen LogP contribution in [0, 0.1) is 11.3 Å². The molecule has 1 aromatic carbocycles. The van der Waals surface area contributed by atoms with E-state index in [-0.39, 0.29) is 53.8 Å². The molecule has 3 aliphatic heterocycles. The second kappa shape index (κ2) is 14.3. The topological polar surface area (TPSA) is 98.1 Å². The van der Waals surface area contributed by atoms with Gasteiger partial charge in [0, 0.05) is 0 Å². The standard InChI is InChI=1S/C30H35ClF3IN7O3/c1-4-26(43)42-19(9-11-36)14-41(18-35-42)28-22-10-12-40(25-8-6-7-23(31)27(25)30(32,33)34)16-24(22)37-29(38-28)45-17-20-13-21(44-3)15-39(20)5-2/h4,6-8,19-21H,1,5,9-10,12-18H2,2-3H3/q-1/t19-,20-,21+/m0/s1. The Bertz CT molecular complexity index is 1460. The van der Waals surface area contributed by atoms with Crippen LogP contribution in [-0.2, 0) is 28.7 Å². The van der Waals surface area contributed by atoms with Crippen molar-refractivity contribution in [2.45, 2.75) is 57.1 Å². The summed E-state index contributed by atoms with van der Waals surface area (Å²) in [6.07, 6.45) is -1.91. The third kappa shape index (κ3) is 7.26. The summed E-state index contributed by atoms with van der Waals surface area (Å²) in [7, 11) is 1.70. The van der Waals surface area contributed by atoms with Crippen molar-refractivity contribution in [2.75, 3.05) is 54.2 Å². The van der Waals surface area contributed by atoms with E-state index in [9.17, 15) is 23.2 Å². The number of benzene rings is 1. The van der Waals surface area contributed by atoms with Crippen molar-refractivity contribution in [3.05, 3.63) is 52.7 Å².